The van der Waals surface area contributed by atoms with Crippen LogP contribution in [0.15, 0.2) is 43.0 Å². The molecule has 7 nitrogen and oxygen atoms in total. The van der Waals surface area contributed by atoms with Gasteiger partial charge in [0.2, 0.25) is 0 Å². The Morgan fingerprint density at radius 2 is 1.92 bits per heavy atom. The predicted molar refractivity (Wildman–Crippen MR) is 96.5 cm³/mol. The van der Waals surface area contributed by atoms with Crippen molar-refractivity contribution < 1.29 is 4.79 Å². The number of piperidine rings is 1. The highest BCUT2D eigenvalue weighted by molar-refractivity contribution is 5.92. The highest BCUT2D eigenvalue weighted by Crippen LogP contribution is 2.31. The molecule has 1 aliphatic heterocycles. The minimum absolute atomic E-state index is 0.00226. The van der Waals surface area contributed by atoms with Crippen molar-refractivity contribution in [3.05, 3.63) is 60.1 Å². The Bertz CT molecular complexity index is 900. The first kappa shape index (κ1) is 16.4. The number of H-pyrrole nitrogens is 1. The van der Waals surface area contributed by atoms with Crippen LogP contribution in [0.25, 0.3) is 11.5 Å². The number of nitrogens with zero attached hydrogens (tertiary/aromatic N) is 5. The molecule has 4 heterocycles. The number of amides is 1. The van der Waals surface area contributed by atoms with Crippen molar-refractivity contribution in [1.82, 2.24) is 29.8 Å². The summed E-state index contributed by atoms with van der Waals surface area (Å²) < 4.78 is 0. The molecule has 0 saturated carbocycles. The lowest BCUT2D eigenvalue weighted by molar-refractivity contribution is 0.0706. The number of aromatic nitrogens is 5. The first-order valence-corrected chi connectivity index (χ1v) is 8.76. The smallest absolute Gasteiger partial charge is 0.272 e. The summed E-state index contributed by atoms with van der Waals surface area (Å²) in [6.07, 6.45) is 8.60. The molecule has 0 aliphatic carbocycles. The molecule has 0 atom stereocenters. The molecular weight excluding hydrogens is 328 g/mol. The monoisotopic (exact) mass is 348 g/mol. The van der Waals surface area contributed by atoms with Crippen molar-refractivity contribution in [2.75, 3.05) is 13.1 Å². The molecule has 1 amide bonds. The normalized spacial score (nSPS) is 15.2. The van der Waals surface area contributed by atoms with Crippen LogP contribution < -0.4 is 0 Å². The van der Waals surface area contributed by atoms with Crippen molar-refractivity contribution >= 4 is 5.91 Å². The third-order valence-corrected chi connectivity index (χ3v) is 4.73. The molecule has 0 bridgehead atoms. The molecule has 0 aromatic carbocycles. The highest BCUT2D eigenvalue weighted by Gasteiger charge is 2.28. The minimum Gasteiger partial charge on any atom is -0.343 e. The Morgan fingerprint density at radius 3 is 2.65 bits per heavy atom. The first-order chi connectivity index (χ1) is 12.7. The number of hydrogen-bond acceptors (Lipinski definition) is 5. The third-order valence-electron chi connectivity index (χ3n) is 4.73. The molecule has 0 unspecified atom stereocenters. The summed E-state index contributed by atoms with van der Waals surface area (Å²) >= 11 is 0. The lowest BCUT2D eigenvalue weighted by atomic mass is 9.91. The molecule has 4 rings (SSSR count). The van der Waals surface area contributed by atoms with Crippen LogP contribution in [0.4, 0.5) is 0 Å². The van der Waals surface area contributed by atoms with Gasteiger partial charge in [0.25, 0.3) is 5.91 Å². The van der Waals surface area contributed by atoms with Gasteiger partial charge in [0.1, 0.15) is 11.4 Å². The average molecular weight is 348 g/mol. The number of aryl methyl sites for hydroxylation is 1. The van der Waals surface area contributed by atoms with Crippen molar-refractivity contribution in [3.63, 3.8) is 0 Å². The minimum atomic E-state index is -0.00226. The van der Waals surface area contributed by atoms with Crippen LogP contribution in [0.5, 0.6) is 0 Å². The topological polar surface area (TPSA) is 87.7 Å². The number of carbonyl (C=O) groups excluding carboxylic acids is 1. The van der Waals surface area contributed by atoms with Gasteiger partial charge in [-0.05, 0) is 31.9 Å². The molecule has 0 spiro atoms. The second kappa shape index (κ2) is 7.03. The second-order valence-electron chi connectivity index (χ2n) is 6.46. The van der Waals surface area contributed by atoms with E-state index in [1.54, 1.807) is 30.9 Å². The number of aromatic amines is 1. The van der Waals surface area contributed by atoms with Crippen molar-refractivity contribution in [1.29, 1.82) is 0 Å². The number of pyridine rings is 1. The summed E-state index contributed by atoms with van der Waals surface area (Å²) in [6, 6.07) is 5.55. The van der Waals surface area contributed by atoms with E-state index in [0.29, 0.717) is 18.8 Å². The third kappa shape index (κ3) is 3.20. The van der Waals surface area contributed by atoms with E-state index in [4.69, 9.17) is 0 Å². The Balaban J connectivity index is 1.49. The summed E-state index contributed by atoms with van der Waals surface area (Å²) in [5, 5.41) is 0. The second-order valence-corrected chi connectivity index (χ2v) is 6.46. The fourth-order valence-corrected chi connectivity index (χ4v) is 3.40. The zero-order valence-electron chi connectivity index (χ0n) is 14.6. The molecule has 3 aromatic rings. The highest BCUT2D eigenvalue weighted by atomic mass is 16.2. The van der Waals surface area contributed by atoms with Crippen molar-refractivity contribution in [2.45, 2.75) is 25.7 Å². The number of rotatable bonds is 3. The molecule has 1 aliphatic rings. The van der Waals surface area contributed by atoms with Crippen LogP contribution in [0.1, 0.15) is 40.6 Å². The Kier molecular flexibility index (Phi) is 4.43. The van der Waals surface area contributed by atoms with E-state index in [9.17, 15) is 4.79 Å². The SMILES string of the molecule is Cc1cccc(C(=O)N2CCC(c3nccnc3-c3ncc[nH]3)CC2)n1. The van der Waals surface area contributed by atoms with Gasteiger partial charge in [-0.3, -0.25) is 9.78 Å². The van der Waals surface area contributed by atoms with Crippen LogP contribution in [0.2, 0.25) is 0 Å². The van der Waals surface area contributed by atoms with Gasteiger partial charge in [-0.2, -0.15) is 0 Å². The van der Waals surface area contributed by atoms with Crippen molar-refractivity contribution in [2.24, 2.45) is 0 Å². The van der Waals surface area contributed by atoms with Crippen LogP contribution in [-0.2, 0) is 0 Å². The molecule has 1 N–H and O–H groups in total. The maximum atomic E-state index is 12.7. The first-order valence-electron chi connectivity index (χ1n) is 8.76. The standard InChI is InChI=1S/C19H20N6O/c1-13-3-2-4-15(24-13)19(26)25-11-5-14(6-12-25)16-17(21-8-7-20-16)18-22-9-10-23-18/h2-4,7-10,14H,5-6,11-12H2,1H3,(H,22,23). The molecular formula is C19H20N6O. The van der Waals surface area contributed by atoms with E-state index in [2.05, 4.69) is 24.9 Å². The van der Waals surface area contributed by atoms with Gasteiger partial charge in [-0.15, -0.1) is 0 Å². The van der Waals surface area contributed by atoms with Crippen LogP contribution >= 0.6 is 0 Å². The molecule has 3 aromatic heterocycles. The van der Waals surface area contributed by atoms with Crippen molar-refractivity contribution in [3.8, 4) is 11.5 Å². The Labute approximate surface area is 151 Å². The van der Waals surface area contributed by atoms with E-state index in [1.807, 2.05) is 24.0 Å². The summed E-state index contributed by atoms with van der Waals surface area (Å²) in [5.41, 5.74) is 3.11. The summed E-state index contributed by atoms with van der Waals surface area (Å²) in [6.45, 7) is 3.27. The molecule has 132 valence electrons. The maximum Gasteiger partial charge on any atom is 0.272 e. The van der Waals surface area contributed by atoms with E-state index in [1.165, 1.54) is 0 Å². The summed E-state index contributed by atoms with van der Waals surface area (Å²) in [4.78, 5) is 35.3. The van der Waals surface area contributed by atoms with E-state index < -0.39 is 0 Å². The van der Waals surface area contributed by atoms with Gasteiger partial charge >= 0.3 is 0 Å². The number of hydrogen-bond donors (Lipinski definition) is 1. The Morgan fingerprint density at radius 1 is 1.12 bits per heavy atom. The lowest BCUT2D eigenvalue weighted by Crippen LogP contribution is -2.38. The van der Waals surface area contributed by atoms with Crippen LogP contribution in [0, 0.1) is 6.92 Å². The number of carbonyl (C=O) groups is 1. The van der Waals surface area contributed by atoms with Crippen LogP contribution in [0.3, 0.4) is 0 Å². The molecule has 7 heteroatoms. The van der Waals surface area contributed by atoms with E-state index in [0.717, 1.165) is 35.7 Å². The molecule has 0 radical (unpaired) electrons. The number of likely N-dealkylation sites (tertiary alicyclic amines) is 1. The van der Waals surface area contributed by atoms with Gasteiger partial charge in [-0.25, -0.2) is 15.0 Å². The van der Waals surface area contributed by atoms with Gasteiger partial charge < -0.3 is 9.88 Å². The Hall–Kier alpha value is -3.09. The zero-order valence-corrected chi connectivity index (χ0v) is 14.6. The number of imidazole rings is 1. The average Bonchev–Trinajstić information content (AvgIpc) is 3.22. The van der Waals surface area contributed by atoms with Gasteiger partial charge in [0, 0.05) is 49.5 Å². The fourth-order valence-electron chi connectivity index (χ4n) is 3.40. The molecule has 1 saturated heterocycles. The van der Waals surface area contributed by atoms with E-state index >= 15 is 0 Å². The number of nitrogens with one attached hydrogen (secondary N) is 1. The van der Waals surface area contributed by atoms with E-state index in [-0.39, 0.29) is 11.8 Å². The van der Waals surface area contributed by atoms with Gasteiger partial charge in [-0.1, -0.05) is 6.07 Å². The predicted octanol–water partition coefficient (Wildman–Crippen LogP) is 2.59. The lowest BCUT2D eigenvalue weighted by Gasteiger charge is -2.32. The maximum absolute atomic E-state index is 12.7. The van der Waals surface area contributed by atoms with Gasteiger partial charge in [0.15, 0.2) is 5.82 Å². The summed E-state index contributed by atoms with van der Waals surface area (Å²) in [5.74, 6) is 0.992. The fraction of sp³-hybridized carbons (Fsp3) is 0.316. The molecule has 26 heavy (non-hydrogen) atoms. The van der Waals surface area contributed by atoms with Crippen LogP contribution in [-0.4, -0.2) is 48.8 Å². The largest absolute Gasteiger partial charge is 0.343 e. The molecule has 1 fully saturated rings. The zero-order chi connectivity index (χ0) is 17.9. The quantitative estimate of drug-likeness (QED) is 0.786. The van der Waals surface area contributed by atoms with Gasteiger partial charge in [0.05, 0.1) is 5.69 Å². The summed E-state index contributed by atoms with van der Waals surface area (Å²) in [7, 11) is 0.